The molecule has 2 heterocycles. The van der Waals surface area contributed by atoms with Gasteiger partial charge in [0.05, 0.1) is 5.69 Å². The van der Waals surface area contributed by atoms with Gasteiger partial charge in [0.15, 0.2) is 0 Å². The lowest BCUT2D eigenvalue weighted by atomic mass is 10.1. The lowest BCUT2D eigenvalue weighted by Gasteiger charge is -2.09. The van der Waals surface area contributed by atoms with Crippen LogP contribution in [0.15, 0.2) is 42.6 Å². The van der Waals surface area contributed by atoms with Gasteiger partial charge in [-0.3, -0.25) is 30.1 Å². The molecule has 0 saturated heterocycles. The van der Waals surface area contributed by atoms with Crippen LogP contribution in [0.2, 0.25) is 0 Å². The van der Waals surface area contributed by atoms with Crippen LogP contribution in [0.25, 0.3) is 10.8 Å². The fourth-order valence-corrected chi connectivity index (χ4v) is 2.50. The molecular formula is C17H17N5O2. The Bertz CT molecular complexity index is 911. The Morgan fingerprint density at radius 1 is 1.12 bits per heavy atom. The Kier molecular flexibility index (Phi) is 4.24. The molecule has 122 valence electrons. The van der Waals surface area contributed by atoms with E-state index in [2.05, 4.69) is 20.9 Å². The average molecular weight is 323 g/mol. The van der Waals surface area contributed by atoms with E-state index < -0.39 is 5.91 Å². The third-order valence-corrected chi connectivity index (χ3v) is 3.60. The predicted octanol–water partition coefficient (Wildman–Crippen LogP) is 1.51. The number of aryl methyl sites for hydroxylation is 2. The number of carbonyl (C=O) groups is 2. The van der Waals surface area contributed by atoms with E-state index in [4.69, 9.17) is 0 Å². The maximum absolute atomic E-state index is 12.3. The molecule has 0 aliphatic rings. The molecule has 2 amide bonds. The fraction of sp³-hybridized carbons (Fsp3) is 0.176. The molecule has 0 radical (unpaired) electrons. The number of aromatic nitrogens is 3. The smallest absolute Gasteiger partial charge is 0.271 e. The van der Waals surface area contributed by atoms with Crippen LogP contribution in [0, 0.1) is 13.8 Å². The van der Waals surface area contributed by atoms with Gasteiger partial charge in [-0.2, -0.15) is 5.10 Å². The van der Waals surface area contributed by atoms with Gasteiger partial charge in [0, 0.05) is 17.3 Å². The van der Waals surface area contributed by atoms with Gasteiger partial charge < -0.3 is 0 Å². The van der Waals surface area contributed by atoms with Crippen LogP contribution in [0.4, 0.5) is 0 Å². The van der Waals surface area contributed by atoms with Crippen molar-refractivity contribution in [2.24, 2.45) is 0 Å². The normalized spacial score (nSPS) is 10.6. The molecule has 0 spiro atoms. The number of carbonyl (C=O) groups excluding carboxylic acids is 2. The summed E-state index contributed by atoms with van der Waals surface area (Å²) in [7, 11) is 0. The van der Waals surface area contributed by atoms with Gasteiger partial charge in [-0.1, -0.05) is 24.3 Å². The highest BCUT2D eigenvalue weighted by molar-refractivity contribution is 6.05. The predicted molar refractivity (Wildman–Crippen MR) is 89.1 cm³/mol. The minimum atomic E-state index is -0.464. The van der Waals surface area contributed by atoms with Crippen LogP contribution < -0.4 is 10.9 Å². The first-order valence-electron chi connectivity index (χ1n) is 7.48. The zero-order chi connectivity index (χ0) is 17.1. The van der Waals surface area contributed by atoms with Gasteiger partial charge in [0.25, 0.3) is 11.8 Å². The lowest BCUT2D eigenvalue weighted by molar-refractivity contribution is -0.122. The number of hydrogen-bond donors (Lipinski definition) is 2. The molecule has 0 saturated carbocycles. The highest BCUT2D eigenvalue weighted by Gasteiger charge is 2.13. The van der Waals surface area contributed by atoms with E-state index in [1.807, 2.05) is 50.2 Å². The molecule has 0 fully saturated rings. The van der Waals surface area contributed by atoms with E-state index in [1.54, 1.807) is 10.9 Å². The quantitative estimate of drug-likeness (QED) is 0.715. The first-order chi connectivity index (χ1) is 11.5. The molecule has 0 unspecified atom stereocenters. The summed E-state index contributed by atoms with van der Waals surface area (Å²) in [5, 5.41) is 5.84. The Hall–Kier alpha value is -3.22. The van der Waals surface area contributed by atoms with Crippen LogP contribution >= 0.6 is 0 Å². The van der Waals surface area contributed by atoms with E-state index in [-0.39, 0.29) is 18.1 Å². The molecule has 0 aliphatic heterocycles. The van der Waals surface area contributed by atoms with E-state index >= 15 is 0 Å². The van der Waals surface area contributed by atoms with Crippen molar-refractivity contribution in [3.63, 3.8) is 0 Å². The minimum Gasteiger partial charge on any atom is -0.271 e. The van der Waals surface area contributed by atoms with Crippen molar-refractivity contribution in [3.05, 3.63) is 59.7 Å². The second-order valence-corrected chi connectivity index (χ2v) is 5.47. The zero-order valence-electron chi connectivity index (χ0n) is 13.4. The summed E-state index contributed by atoms with van der Waals surface area (Å²) in [5.74, 6) is -0.830. The number of nitrogens with one attached hydrogen (secondary N) is 2. The molecule has 2 N–H and O–H groups in total. The highest BCUT2D eigenvalue weighted by Crippen LogP contribution is 2.15. The molecule has 7 heteroatoms. The van der Waals surface area contributed by atoms with Crippen molar-refractivity contribution < 1.29 is 9.59 Å². The number of amides is 2. The van der Waals surface area contributed by atoms with Crippen LogP contribution in [0.1, 0.15) is 21.9 Å². The Morgan fingerprint density at radius 3 is 2.67 bits per heavy atom. The summed E-state index contributed by atoms with van der Waals surface area (Å²) in [6.45, 7) is 3.75. The fourth-order valence-electron chi connectivity index (χ4n) is 2.50. The van der Waals surface area contributed by atoms with Crippen molar-refractivity contribution in [2.75, 3.05) is 0 Å². The number of hydrazine groups is 1. The van der Waals surface area contributed by atoms with Gasteiger partial charge in [-0.05, 0) is 31.4 Å². The van der Waals surface area contributed by atoms with E-state index in [0.29, 0.717) is 0 Å². The van der Waals surface area contributed by atoms with Crippen LogP contribution in [0.5, 0.6) is 0 Å². The molecular weight excluding hydrogens is 306 g/mol. The molecule has 3 rings (SSSR count). The SMILES string of the molecule is Cc1cc(C)n(CC(=O)NNC(=O)c2nccc3ccccc23)n1. The van der Waals surface area contributed by atoms with Crippen LogP contribution in [-0.2, 0) is 11.3 Å². The van der Waals surface area contributed by atoms with Gasteiger partial charge in [0.1, 0.15) is 12.2 Å². The number of pyridine rings is 1. The van der Waals surface area contributed by atoms with Crippen molar-refractivity contribution >= 4 is 22.6 Å². The van der Waals surface area contributed by atoms with Crippen molar-refractivity contribution in [1.82, 2.24) is 25.6 Å². The molecule has 0 bridgehead atoms. The topological polar surface area (TPSA) is 88.9 Å². The third-order valence-electron chi connectivity index (χ3n) is 3.60. The molecule has 24 heavy (non-hydrogen) atoms. The summed E-state index contributed by atoms with van der Waals surface area (Å²) in [4.78, 5) is 28.3. The van der Waals surface area contributed by atoms with E-state index in [9.17, 15) is 9.59 Å². The first-order valence-corrected chi connectivity index (χ1v) is 7.48. The maximum Gasteiger partial charge on any atom is 0.288 e. The highest BCUT2D eigenvalue weighted by atomic mass is 16.2. The van der Waals surface area contributed by atoms with E-state index in [0.717, 1.165) is 22.2 Å². The molecule has 2 aromatic heterocycles. The van der Waals surface area contributed by atoms with Gasteiger partial charge in [-0.15, -0.1) is 0 Å². The molecule has 0 aliphatic carbocycles. The largest absolute Gasteiger partial charge is 0.288 e. The van der Waals surface area contributed by atoms with Crippen molar-refractivity contribution in [2.45, 2.75) is 20.4 Å². The minimum absolute atomic E-state index is 0.0307. The van der Waals surface area contributed by atoms with Crippen LogP contribution in [0.3, 0.4) is 0 Å². The number of nitrogens with zero attached hydrogens (tertiary/aromatic N) is 3. The Labute approximate surface area is 138 Å². The van der Waals surface area contributed by atoms with Gasteiger partial charge in [0.2, 0.25) is 0 Å². The van der Waals surface area contributed by atoms with Crippen molar-refractivity contribution in [1.29, 1.82) is 0 Å². The Morgan fingerprint density at radius 2 is 1.92 bits per heavy atom. The molecule has 7 nitrogen and oxygen atoms in total. The second-order valence-electron chi connectivity index (χ2n) is 5.47. The molecule has 1 aromatic carbocycles. The Balaban J connectivity index is 1.66. The number of fused-ring (bicyclic) bond motifs is 1. The summed E-state index contributed by atoms with van der Waals surface area (Å²) in [5.41, 5.74) is 6.77. The van der Waals surface area contributed by atoms with Gasteiger partial charge in [-0.25, -0.2) is 0 Å². The van der Waals surface area contributed by atoms with Crippen molar-refractivity contribution in [3.8, 4) is 0 Å². The molecule has 3 aromatic rings. The average Bonchev–Trinajstić information content (AvgIpc) is 2.89. The summed E-state index contributed by atoms with van der Waals surface area (Å²) in [6, 6.07) is 11.1. The molecule has 0 atom stereocenters. The number of hydrogen-bond acceptors (Lipinski definition) is 4. The maximum atomic E-state index is 12.3. The summed E-state index contributed by atoms with van der Waals surface area (Å²) < 4.78 is 1.58. The third kappa shape index (κ3) is 3.24. The lowest BCUT2D eigenvalue weighted by Crippen LogP contribution is -2.43. The summed E-state index contributed by atoms with van der Waals surface area (Å²) in [6.07, 6.45) is 1.56. The monoisotopic (exact) mass is 323 g/mol. The number of rotatable bonds is 3. The van der Waals surface area contributed by atoms with Gasteiger partial charge >= 0.3 is 0 Å². The second kappa shape index (κ2) is 6.49. The standard InChI is InChI=1S/C17H17N5O2/c1-11-9-12(2)22(21-11)10-15(23)19-20-17(24)16-14-6-4-3-5-13(14)7-8-18-16/h3-9H,10H2,1-2H3,(H,19,23)(H,20,24). The van der Waals surface area contributed by atoms with Crippen LogP contribution in [-0.4, -0.2) is 26.6 Å². The first kappa shape index (κ1) is 15.7. The number of benzene rings is 1. The van der Waals surface area contributed by atoms with E-state index in [1.165, 1.54) is 0 Å². The summed E-state index contributed by atoms with van der Waals surface area (Å²) >= 11 is 0. The zero-order valence-corrected chi connectivity index (χ0v) is 13.4.